The predicted molar refractivity (Wildman–Crippen MR) is 90.4 cm³/mol. The molecule has 1 unspecified atom stereocenters. The molecule has 3 aromatic rings. The van der Waals surface area contributed by atoms with Crippen molar-refractivity contribution in [1.82, 2.24) is 15.0 Å². The fraction of sp³-hybridized carbons (Fsp3) is 0.143. The zero-order chi connectivity index (χ0) is 17.5. The van der Waals surface area contributed by atoms with Crippen LogP contribution in [0.2, 0.25) is 0 Å². The number of benzene rings is 1. The Morgan fingerprint density at radius 3 is 2.67 bits per heavy atom. The van der Waals surface area contributed by atoms with Crippen LogP contribution in [0.1, 0.15) is 22.4 Å². The van der Waals surface area contributed by atoms with Gasteiger partial charge in [-0.3, -0.25) is 4.79 Å². The second-order valence-electron chi connectivity index (χ2n) is 4.80. The highest BCUT2D eigenvalue weighted by atomic mass is 127. The van der Waals surface area contributed by atoms with Gasteiger partial charge in [-0.05, 0) is 46.9 Å². The van der Waals surface area contributed by atoms with Crippen LogP contribution >= 0.6 is 33.9 Å². The molecule has 0 saturated carbocycles. The lowest BCUT2D eigenvalue weighted by atomic mass is 10.1. The van der Waals surface area contributed by atoms with Gasteiger partial charge in [0.2, 0.25) is 5.91 Å². The van der Waals surface area contributed by atoms with Crippen molar-refractivity contribution in [3.63, 3.8) is 0 Å². The largest absolute Gasteiger partial charge is 0.433 e. The number of carbonyl (C=O) groups is 1. The van der Waals surface area contributed by atoms with E-state index in [0.717, 1.165) is 20.5 Å². The average molecular weight is 464 g/mol. The molecule has 5 nitrogen and oxygen atoms in total. The van der Waals surface area contributed by atoms with Crippen LogP contribution in [0, 0.1) is 3.57 Å². The van der Waals surface area contributed by atoms with Gasteiger partial charge in [-0.1, -0.05) is 0 Å². The van der Waals surface area contributed by atoms with E-state index in [1.807, 2.05) is 12.1 Å². The molecule has 0 radical (unpaired) electrons. The van der Waals surface area contributed by atoms with Gasteiger partial charge in [-0.15, -0.1) is 11.3 Å². The van der Waals surface area contributed by atoms with Gasteiger partial charge in [0.05, 0.1) is 10.2 Å². The van der Waals surface area contributed by atoms with Crippen LogP contribution in [0.5, 0.6) is 0 Å². The first kappa shape index (κ1) is 17.0. The van der Waals surface area contributed by atoms with E-state index >= 15 is 0 Å². The zero-order valence-electron chi connectivity index (χ0n) is 11.7. The summed E-state index contributed by atoms with van der Waals surface area (Å²) in [5, 5.41) is 0.263. The van der Waals surface area contributed by atoms with Gasteiger partial charge in [0.15, 0.2) is 0 Å². The second kappa shape index (κ2) is 6.24. The standard InChI is InChI=1S/C14H8F3IN4OS/c15-14(16,17)9-3-4-20-12(22-9)10(11(19)23)13-21-7-2-1-6(18)5-8(7)24-13/h1-5,10H,(H2,19,23). The van der Waals surface area contributed by atoms with Crippen molar-refractivity contribution in [3.05, 3.63) is 50.6 Å². The summed E-state index contributed by atoms with van der Waals surface area (Å²) in [6.45, 7) is 0. The molecule has 0 aliphatic carbocycles. The molecule has 1 aromatic carbocycles. The maximum Gasteiger partial charge on any atom is 0.433 e. The number of thiazole rings is 1. The predicted octanol–water partition coefficient (Wildman–Crippen LogP) is 3.33. The van der Waals surface area contributed by atoms with E-state index in [0.29, 0.717) is 5.52 Å². The van der Waals surface area contributed by atoms with Gasteiger partial charge in [0, 0.05) is 9.77 Å². The molecule has 0 aliphatic heterocycles. The first-order valence-corrected chi connectivity index (χ1v) is 8.40. The van der Waals surface area contributed by atoms with Crippen LogP contribution in [-0.4, -0.2) is 20.9 Å². The molecule has 0 bridgehead atoms. The third kappa shape index (κ3) is 3.34. The van der Waals surface area contributed by atoms with Crippen LogP contribution in [0.4, 0.5) is 13.2 Å². The average Bonchev–Trinajstić information content (AvgIpc) is 2.88. The number of hydrogen-bond donors (Lipinski definition) is 1. The molecule has 0 saturated heterocycles. The van der Waals surface area contributed by atoms with Crippen molar-refractivity contribution >= 4 is 50.1 Å². The number of carbonyl (C=O) groups excluding carboxylic acids is 1. The Morgan fingerprint density at radius 1 is 1.25 bits per heavy atom. The molecular weight excluding hydrogens is 456 g/mol. The van der Waals surface area contributed by atoms with Crippen molar-refractivity contribution in [3.8, 4) is 0 Å². The number of nitrogens with zero attached hydrogens (tertiary/aromatic N) is 3. The zero-order valence-corrected chi connectivity index (χ0v) is 14.7. The molecule has 0 fully saturated rings. The first-order valence-electron chi connectivity index (χ1n) is 6.51. The summed E-state index contributed by atoms with van der Waals surface area (Å²) in [7, 11) is 0. The number of rotatable bonds is 3. The van der Waals surface area contributed by atoms with Crippen molar-refractivity contribution in [2.45, 2.75) is 12.1 Å². The number of alkyl halides is 3. The maximum atomic E-state index is 12.8. The summed E-state index contributed by atoms with van der Waals surface area (Å²) in [4.78, 5) is 23.4. The van der Waals surface area contributed by atoms with E-state index in [-0.39, 0.29) is 10.8 Å². The van der Waals surface area contributed by atoms with Crippen LogP contribution in [-0.2, 0) is 11.0 Å². The molecule has 24 heavy (non-hydrogen) atoms. The van der Waals surface area contributed by atoms with Crippen molar-refractivity contribution < 1.29 is 18.0 Å². The summed E-state index contributed by atoms with van der Waals surface area (Å²) in [6, 6.07) is 6.21. The van der Waals surface area contributed by atoms with E-state index in [9.17, 15) is 18.0 Å². The van der Waals surface area contributed by atoms with Gasteiger partial charge in [0.1, 0.15) is 22.4 Å². The van der Waals surface area contributed by atoms with Crippen LogP contribution in [0.15, 0.2) is 30.5 Å². The molecule has 2 heterocycles. The van der Waals surface area contributed by atoms with Gasteiger partial charge in [0.25, 0.3) is 0 Å². The van der Waals surface area contributed by atoms with E-state index in [1.54, 1.807) is 6.07 Å². The fourth-order valence-corrected chi connectivity index (χ4v) is 3.89. The van der Waals surface area contributed by atoms with E-state index < -0.39 is 23.7 Å². The Labute approximate surface area is 151 Å². The van der Waals surface area contributed by atoms with E-state index in [1.165, 1.54) is 11.3 Å². The van der Waals surface area contributed by atoms with Crippen LogP contribution < -0.4 is 5.73 Å². The Bertz CT molecular complexity index is 928. The Morgan fingerprint density at radius 2 is 2.00 bits per heavy atom. The fourth-order valence-electron chi connectivity index (χ4n) is 2.07. The molecule has 2 aromatic heterocycles. The van der Waals surface area contributed by atoms with E-state index in [4.69, 9.17) is 5.73 Å². The topological polar surface area (TPSA) is 81.8 Å². The third-order valence-electron chi connectivity index (χ3n) is 3.12. The minimum atomic E-state index is -4.64. The minimum Gasteiger partial charge on any atom is -0.369 e. The van der Waals surface area contributed by atoms with Gasteiger partial charge >= 0.3 is 6.18 Å². The molecule has 3 rings (SSSR count). The summed E-state index contributed by atoms with van der Waals surface area (Å²) in [5.74, 6) is -2.41. The SMILES string of the molecule is NC(=O)C(c1nccc(C(F)(F)F)n1)c1nc2ccc(I)cc2s1. The van der Waals surface area contributed by atoms with Gasteiger partial charge in [-0.2, -0.15) is 13.2 Å². The number of halogens is 4. The number of aromatic nitrogens is 3. The Kier molecular flexibility index (Phi) is 4.42. The first-order chi connectivity index (χ1) is 11.3. The van der Waals surface area contributed by atoms with Crippen LogP contribution in [0.3, 0.4) is 0 Å². The lowest BCUT2D eigenvalue weighted by Crippen LogP contribution is -2.25. The summed E-state index contributed by atoms with van der Waals surface area (Å²) in [6.07, 6.45) is -3.68. The third-order valence-corrected chi connectivity index (χ3v) is 4.88. The number of fused-ring (bicyclic) bond motifs is 1. The molecular formula is C14H8F3IN4OS. The highest BCUT2D eigenvalue weighted by molar-refractivity contribution is 14.1. The summed E-state index contributed by atoms with van der Waals surface area (Å²) in [5.41, 5.74) is 4.88. The number of amides is 1. The highest BCUT2D eigenvalue weighted by Crippen LogP contribution is 2.33. The number of hydrogen-bond acceptors (Lipinski definition) is 5. The van der Waals surface area contributed by atoms with Gasteiger partial charge < -0.3 is 5.73 Å². The molecule has 2 N–H and O–H groups in total. The molecule has 1 amide bonds. The smallest absolute Gasteiger partial charge is 0.369 e. The Balaban J connectivity index is 2.11. The summed E-state index contributed by atoms with van der Waals surface area (Å²) >= 11 is 3.31. The molecule has 0 spiro atoms. The van der Waals surface area contributed by atoms with Crippen molar-refractivity contribution in [2.75, 3.05) is 0 Å². The van der Waals surface area contributed by atoms with Crippen molar-refractivity contribution in [2.24, 2.45) is 5.73 Å². The minimum absolute atomic E-state index is 0.263. The quantitative estimate of drug-likeness (QED) is 0.604. The lowest BCUT2D eigenvalue weighted by Gasteiger charge is -2.11. The summed E-state index contributed by atoms with van der Waals surface area (Å²) < 4.78 is 40.3. The number of nitrogens with two attached hydrogens (primary N) is 1. The molecule has 0 aliphatic rings. The molecule has 1 atom stereocenters. The second-order valence-corrected chi connectivity index (χ2v) is 7.11. The van der Waals surface area contributed by atoms with Crippen molar-refractivity contribution in [1.29, 1.82) is 0 Å². The van der Waals surface area contributed by atoms with Crippen LogP contribution in [0.25, 0.3) is 10.2 Å². The van der Waals surface area contributed by atoms with Gasteiger partial charge in [-0.25, -0.2) is 15.0 Å². The normalized spacial score (nSPS) is 13.2. The monoisotopic (exact) mass is 464 g/mol. The molecule has 10 heteroatoms. The molecule has 124 valence electrons. The maximum absolute atomic E-state index is 12.8. The van der Waals surface area contributed by atoms with E-state index in [2.05, 4.69) is 37.5 Å². The Hall–Kier alpha value is -1.82. The lowest BCUT2D eigenvalue weighted by molar-refractivity contribution is -0.141. The number of primary amides is 1. The highest BCUT2D eigenvalue weighted by Gasteiger charge is 2.35.